The minimum Gasteiger partial charge on any atom is -0.484 e. The predicted octanol–water partition coefficient (Wildman–Crippen LogP) is 4.93. The first kappa shape index (κ1) is 25.0. The largest absolute Gasteiger partial charge is 0.484 e. The van der Waals surface area contributed by atoms with Crippen molar-refractivity contribution >= 4 is 11.8 Å². The van der Waals surface area contributed by atoms with Gasteiger partial charge >= 0.3 is 0 Å². The first-order valence-electron chi connectivity index (χ1n) is 11.8. The van der Waals surface area contributed by atoms with Crippen molar-refractivity contribution in [2.75, 3.05) is 6.61 Å². The zero-order chi connectivity index (χ0) is 24.3. The summed E-state index contributed by atoms with van der Waals surface area (Å²) >= 11 is 0. The smallest absolute Gasteiger partial charge is 0.261 e. The Labute approximate surface area is 202 Å². The standard InChI is InChI=1S/C29H34N2O3/c1-4-23(3)30-29(33)27(19-24-11-7-5-8-12-24)31(20-25-17-15-22(2)16-18-25)28(32)21-34-26-13-9-6-10-14-26/h5-18,23,27H,4,19-21H2,1-3H3,(H,30,33)/t23-,27+/m1/s1. The third-order valence-corrected chi connectivity index (χ3v) is 5.85. The molecule has 178 valence electrons. The second kappa shape index (κ2) is 12.6. The Kier molecular flexibility index (Phi) is 9.27. The number of benzene rings is 3. The molecule has 5 heteroatoms. The molecular weight excluding hydrogens is 424 g/mol. The van der Waals surface area contributed by atoms with Crippen molar-refractivity contribution in [1.82, 2.24) is 10.2 Å². The molecule has 0 bridgehead atoms. The minimum atomic E-state index is -0.662. The summed E-state index contributed by atoms with van der Waals surface area (Å²) in [6.07, 6.45) is 1.23. The van der Waals surface area contributed by atoms with Gasteiger partial charge < -0.3 is 15.0 Å². The van der Waals surface area contributed by atoms with Gasteiger partial charge in [-0.15, -0.1) is 0 Å². The topological polar surface area (TPSA) is 58.6 Å². The number of carbonyl (C=O) groups is 2. The lowest BCUT2D eigenvalue weighted by atomic mass is 10.0. The van der Waals surface area contributed by atoms with Gasteiger partial charge in [0.2, 0.25) is 5.91 Å². The van der Waals surface area contributed by atoms with Crippen LogP contribution in [0.2, 0.25) is 0 Å². The lowest BCUT2D eigenvalue weighted by Gasteiger charge is -2.32. The zero-order valence-corrected chi connectivity index (χ0v) is 20.2. The van der Waals surface area contributed by atoms with E-state index >= 15 is 0 Å². The number of nitrogens with zero attached hydrogens (tertiary/aromatic N) is 1. The molecule has 3 aromatic rings. The first-order chi connectivity index (χ1) is 16.5. The van der Waals surface area contributed by atoms with E-state index in [-0.39, 0.29) is 24.5 Å². The molecule has 0 fully saturated rings. The molecule has 0 aromatic heterocycles. The fraction of sp³-hybridized carbons (Fsp3) is 0.310. The van der Waals surface area contributed by atoms with Crippen LogP contribution in [0, 0.1) is 6.92 Å². The minimum absolute atomic E-state index is 0.0164. The predicted molar refractivity (Wildman–Crippen MR) is 135 cm³/mol. The fourth-order valence-electron chi connectivity index (χ4n) is 3.63. The number of amides is 2. The van der Waals surface area contributed by atoms with E-state index in [0.29, 0.717) is 18.7 Å². The highest BCUT2D eigenvalue weighted by molar-refractivity contribution is 5.88. The Bertz CT molecular complexity index is 1040. The Hall–Kier alpha value is -3.60. The first-order valence-corrected chi connectivity index (χ1v) is 11.8. The number of ether oxygens (including phenoxy) is 1. The molecule has 3 rings (SSSR count). The molecule has 2 atom stereocenters. The van der Waals surface area contributed by atoms with Crippen LogP contribution in [0.1, 0.15) is 37.0 Å². The van der Waals surface area contributed by atoms with Gasteiger partial charge in [0.25, 0.3) is 5.91 Å². The van der Waals surface area contributed by atoms with Crippen molar-refractivity contribution in [3.8, 4) is 5.75 Å². The van der Waals surface area contributed by atoms with Gasteiger partial charge in [-0.05, 0) is 43.5 Å². The van der Waals surface area contributed by atoms with Crippen LogP contribution in [0.15, 0.2) is 84.9 Å². The third kappa shape index (κ3) is 7.48. The summed E-state index contributed by atoms with van der Waals surface area (Å²) in [7, 11) is 0. The van der Waals surface area contributed by atoms with E-state index < -0.39 is 6.04 Å². The maximum Gasteiger partial charge on any atom is 0.261 e. The summed E-state index contributed by atoms with van der Waals surface area (Å²) in [6, 6.07) is 26.4. The fourth-order valence-corrected chi connectivity index (χ4v) is 3.63. The van der Waals surface area contributed by atoms with Gasteiger partial charge in [0.05, 0.1) is 0 Å². The number of hydrogen-bond acceptors (Lipinski definition) is 3. The molecule has 34 heavy (non-hydrogen) atoms. The van der Waals surface area contributed by atoms with E-state index in [0.717, 1.165) is 23.1 Å². The lowest BCUT2D eigenvalue weighted by Crippen LogP contribution is -2.53. The van der Waals surface area contributed by atoms with E-state index in [1.165, 1.54) is 0 Å². The molecule has 0 aliphatic carbocycles. The van der Waals surface area contributed by atoms with Crippen LogP contribution in [-0.2, 0) is 22.6 Å². The molecular formula is C29H34N2O3. The van der Waals surface area contributed by atoms with Gasteiger partial charge in [0.1, 0.15) is 11.8 Å². The molecule has 0 spiro atoms. The highest BCUT2D eigenvalue weighted by atomic mass is 16.5. The van der Waals surface area contributed by atoms with Gasteiger partial charge in [0.15, 0.2) is 6.61 Å². The van der Waals surface area contributed by atoms with E-state index in [1.54, 1.807) is 4.90 Å². The van der Waals surface area contributed by atoms with E-state index in [2.05, 4.69) is 5.32 Å². The van der Waals surface area contributed by atoms with Crippen LogP contribution in [0.25, 0.3) is 0 Å². The highest BCUT2D eigenvalue weighted by Gasteiger charge is 2.31. The average Bonchev–Trinajstić information content (AvgIpc) is 2.87. The van der Waals surface area contributed by atoms with Crippen LogP contribution in [0.3, 0.4) is 0 Å². The summed E-state index contributed by atoms with van der Waals surface area (Å²) in [5.41, 5.74) is 3.11. The number of nitrogens with one attached hydrogen (secondary N) is 1. The third-order valence-electron chi connectivity index (χ3n) is 5.85. The van der Waals surface area contributed by atoms with E-state index in [1.807, 2.05) is 106 Å². The van der Waals surface area contributed by atoms with Crippen molar-refractivity contribution in [3.05, 3.63) is 102 Å². The second-order valence-electron chi connectivity index (χ2n) is 8.63. The zero-order valence-electron chi connectivity index (χ0n) is 20.2. The Morgan fingerprint density at radius 2 is 1.50 bits per heavy atom. The molecule has 0 radical (unpaired) electrons. The summed E-state index contributed by atoms with van der Waals surface area (Å²) in [5, 5.41) is 3.08. The summed E-state index contributed by atoms with van der Waals surface area (Å²) in [6.45, 7) is 6.21. The van der Waals surface area contributed by atoms with Crippen molar-refractivity contribution in [1.29, 1.82) is 0 Å². The number of aryl methyl sites for hydroxylation is 1. The van der Waals surface area contributed by atoms with Crippen LogP contribution in [0.4, 0.5) is 0 Å². The lowest BCUT2D eigenvalue weighted by molar-refractivity contribution is -0.143. The van der Waals surface area contributed by atoms with Crippen LogP contribution in [0.5, 0.6) is 5.75 Å². The molecule has 0 saturated heterocycles. The van der Waals surface area contributed by atoms with Gasteiger partial charge in [0, 0.05) is 19.0 Å². The van der Waals surface area contributed by atoms with Crippen molar-refractivity contribution in [3.63, 3.8) is 0 Å². The monoisotopic (exact) mass is 458 g/mol. The Morgan fingerprint density at radius 1 is 0.882 bits per heavy atom. The molecule has 3 aromatic carbocycles. The van der Waals surface area contributed by atoms with Crippen LogP contribution < -0.4 is 10.1 Å². The number of carbonyl (C=O) groups excluding carboxylic acids is 2. The van der Waals surface area contributed by atoms with E-state index in [4.69, 9.17) is 4.74 Å². The number of para-hydroxylation sites is 1. The Morgan fingerprint density at radius 3 is 2.12 bits per heavy atom. The summed E-state index contributed by atoms with van der Waals surface area (Å²) in [5.74, 6) is 0.234. The molecule has 0 aliphatic heterocycles. The quantitative estimate of drug-likeness (QED) is 0.443. The molecule has 0 unspecified atom stereocenters. The van der Waals surface area contributed by atoms with Crippen molar-refractivity contribution < 1.29 is 14.3 Å². The molecule has 1 N–H and O–H groups in total. The van der Waals surface area contributed by atoms with Crippen LogP contribution >= 0.6 is 0 Å². The average molecular weight is 459 g/mol. The highest BCUT2D eigenvalue weighted by Crippen LogP contribution is 2.17. The van der Waals surface area contributed by atoms with Gasteiger partial charge in [-0.25, -0.2) is 0 Å². The van der Waals surface area contributed by atoms with Crippen molar-refractivity contribution in [2.24, 2.45) is 0 Å². The molecule has 0 heterocycles. The van der Waals surface area contributed by atoms with E-state index in [9.17, 15) is 9.59 Å². The molecule has 5 nitrogen and oxygen atoms in total. The van der Waals surface area contributed by atoms with Gasteiger partial charge in [-0.1, -0.05) is 85.3 Å². The molecule has 0 saturated carbocycles. The normalized spacial score (nSPS) is 12.4. The number of rotatable bonds is 11. The molecule has 0 aliphatic rings. The second-order valence-corrected chi connectivity index (χ2v) is 8.63. The molecule has 2 amide bonds. The maximum absolute atomic E-state index is 13.5. The SMILES string of the molecule is CC[C@@H](C)NC(=O)[C@H](Cc1ccccc1)N(Cc1ccc(C)cc1)C(=O)COc1ccccc1. The number of hydrogen-bond donors (Lipinski definition) is 1. The summed E-state index contributed by atoms with van der Waals surface area (Å²) in [4.78, 5) is 28.6. The van der Waals surface area contributed by atoms with Crippen LogP contribution in [-0.4, -0.2) is 35.4 Å². The van der Waals surface area contributed by atoms with Gasteiger partial charge in [-0.2, -0.15) is 0 Å². The summed E-state index contributed by atoms with van der Waals surface area (Å²) < 4.78 is 5.77. The van der Waals surface area contributed by atoms with Gasteiger partial charge in [-0.3, -0.25) is 9.59 Å². The Balaban J connectivity index is 1.90. The van der Waals surface area contributed by atoms with Crippen molar-refractivity contribution in [2.45, 2.75) is 52.2 Å². The maximum atomic E-state index is 13.5.